The van der Waals surface area contributed by atoms with E-state index in [4.69, 9.17) is 0 Å². The SMILES string of the molecule is C=CCN(C)S(=O)(=O)c1cc(C)c(F)c(CNCCC)c1. The molecule has 0 atom stereocenters. The van der Waals surface area contributed by atoms with E-state index in [1.165, 1.54) is 29.6 Å². The Kier molecular flexibility index (Phi) is 6.51. The van der Waals surface area contributed by atoms with Crippen LogP contribution in [0.25, 0.3) is 0 Å². The third kappa shape index (κ3) is 4.36. The number of hydrogen-bond acceptors (Lipinski definition) is 3. The molecule has 0 radical (unpaired) electrons. The number of sulfonamides is 1. The maximum Gasteiger partial charge on any atom is 0.243 e. The van der Waals surface area contributed by atoms with Crippen molar-refractivity contribution in [2.75, 3.05) is 20.1 Å². The van der Waals surface area contributed by atoms with Crippen molar-refractivity contribution in [1.29, 1.82) is 0 Å². The van der Waals surface area contributed by atoms with Crippen LogP contribution in [0.15, 0.2) is 29.7 Å². The summed E-state index contributed by atoms with van der Waals surface area (Å²) in [5, 5.41) is 3.09. The van der Waals surface area contributed by atoms with Gasteiger partial charge in [0.25, 0.3) is 0 Å². The fourth-order valence-electron chi connectivity index (χ4n) is 1.94. The van der Waals surface area contributed by atoms with E-state index in [1.54, 1.807) is 6.92 Å². The molecular formula is C15H23FN2O2S. The number of nitrogens with one attached hydrogen (secondary N) is 1. The Labute approximate surface area is 126 Å². The average Bonchev–Trinajstić information content (AvgIpc) is 2.43. The second kappa shape index (κ2) is 7.68. The summed E-state index contributed by atoms with van der Waals surface area (Å²) >= 11 is 0. The van der Waals surface area contributed by atoms with Gasteiger partial charge in [0, 0.05) is 25.7 Å². The van der Waals surface area contributed by atoms with Crippen LogP contribution in [0.2, 0.25) is 0 Å². The first-order chi connectivity index (χ1) is 9.84. The number of nitrogens with zero attached hydrogens (tertiary/aromatic N) is 1. The molecule has 0 unspecified atom stereocenters. The summed E-state index contributed by atoms with van der Waals surface area (Å²) < 4.78 is 40.1. The Morgan fingerprint density at radius 2 is 2.10 bits per heavy atom. The zero-order valence-corrected chi connectivity index (χ0v) is 13.6. The van der Waals surface area contributed by atoms with Gasteiger partial charge in [-0.1, -0.05) is 13.0 Å². The molecule has 0 saturated heterocycles. The van der Waals surface area contributed by atoms with Gasteiger partial charge in [-0.05, 0) is 37.6 Å². The van der Waals surface area contributed by atoms with E-state index >= 15 is 0 Å². The molecule has 0 aliphatic heterocycles. The first-order valence-electron chi connectivity index (χ1n) is 6.91. The van der Waals surface area contributed by atoms with Crippen molar-refractivity contribution in [3.63, 3.8) is 0 Å². The van der Waals surface area contributed by atoms with Crippen LogP contribution in [0.1, 0.15) is 24.5 Å². The smallest absolute Gasteiger partial charge is 0.243 e. The second-order valence-corrected chi connectivity index (χ2v) is 7.01. The van der Waals surface area contributed by atoms with Crippen LogP contribution in [0, 0.1) is 12.7 Å². The monoisotopic (exact) mass is 314 g/mol. The molecule has 21 heavy (non-hydrogen) atoms. The Hall–Kier alpha value is -1.24. The fraction of sp³-hybridized carbons (Fsp3) is 0.467. The zero-order chi connectivity index (χ0) is 16.0. The quantitative estimate of drug-likeness (QED) is 0.592. The molecule has 0 fully saturated rings. The van der Waals surface area contributed by atoms with E-state index in [0.717, 1.165) is 13.0 Å². The molecule has 0 aliphatic carbocycles. The summed E-state index contributed by atoms with van der Waals surface area (Å²) in [6, 6.07) is 2.77. The maximum atomic E-state index is 14.1. The minimum absolute atomic E-state index is 0.110. The van der Waals surface area contributed by atoms with Crippen LogP contribution in [-0.4, -0.2) is 32.9 Å². The lowest BCUT2D eigenvalue weighted by atomic mass is 10.1. The number of likely N-dealkylation sites (N-methyl/N-ethyl adjacent to an activating group) is 1. The highest BCUT2D eigenvalue weighted by molar-refractivity contribution is 7.89. The normalized spacial score (nSPS) is 11.9. The van der Waals surface area contributed by atoms with Crippen LogP contribution in [0.4, 0.5) is 4.39 Å². The first kappa shape index (κ1) is 17.8. The molecule has 4 nitrogen and oxygen atoms in total. The third-order valence-corrected chi connectivity index (χ3v) is 4.94. The molecule has 0 saturated carbocycles. The van der Waals surface area contributed by atoms with E-state index in [-0.39, 0.29) is 17.3 Å². The van der Waals surface area contributed by atoms with Gasteiger partial charge < -0.3 is 5.32 Å². The summed E-state index contributed by atoms with van der Waals surface area (Å²) in [4.78, 5) is 0.110. The standard InChI is InChI=1S/C15H23FN2O2S/c1-5-7-17-11-13-10-14(9-12(3)15(13)16)21(19,20)18(4)8-6-2/h6,9-10,17H,2,5,7-8,11H2,1,3-4H3. The Bertz CT molecular complexity index is 600. The minimum atomic E-state index is -3.63. The number of benzene rings is 1. The fourth-order valence-corrected chi connectivity index (χ4v) is 3.22. The Morgan fingerprint density at radius 3 is 2.67 bits per heavy atom. The summed E-state index contributed by atoms with van der Waals surface area (Å²) in [7, 11) is -2.15. The number of rotatable bonds is 8. The molecule has 0 bridgehead atoms. The summed E-state index contributed by atoms with van der Waals surface area (Å²) in [6.45, 7) is 8.40. The average molecular weight is 314 g/mol. The highest BCUT2D eigenvalue weighted by atomic mass is 32.2. The molecule has 1 N–H and O–H groups in total. The van der Waals surface area contributed by atoms with Crippen LogP contribution in [0.3, 0.4) is 0 Å². The van der Waals surface area contributed by atoms with Crippen molar-refractivity contribution in [3.05, 3.63) is 41.7 Å². The molecular weight excluding hydrogens is 291 g/mol. The number of hydrogen-bond donors (Lipinski definition) is 1. The van der Waals surface area contributed by atoms with E-state index in [0.29, 0.717) is 17.7 Å². The van der Waals surface area contributed by atoms with Gasteiger partial charge in [0.2, 0.25) is 10.0 Å². The Balaban J connectivity index is 3.17. The van der Waals surface area contributed by atoms with Gasteiger partial charge in [-0.25, -0.2) is 12.8 Å². The zero-order valence-electron chi connectivity index (χ0n) is 12.8. The predicted molar refractivity (Wildman–Crippen MR) is 83.1 cm³/mol. The minimum Gasteiger partial charge on any atom is -0.313 e. The first-order valence-corrected chi connectivity index (χ1v) is 8.35. The maximum absolute atomic E-state index is 14.1. The largest absolute Gasteiger partial charge is 0.313 e. The van der Waals surface area contributed by atoms with Crippen molar-refractivity contribution in [2.24, 2.45) is 0 Å². The van der Waals surface area contributed by atoms with Gasteiger partial charge in [-0.2, -0.15) is 4.31 Å². The van der Waals surface area contributed by atoms with E-state index in [2.05, 4.69) is 11.9 Å². The van der Waals surface area contributed by atoms with Crippen LogP contribution in [-0.2, 0) is 16.6 Å². The summed E-state index contributed by atoms with van der Waals surface area (Å²) in [5.41, 5.74) is 0.699. The second-order valence-electron chi connectivity index (χ2n) is 4.96. The third-order valence-electron chi connectivity index (χ3n) is 3.14. The molecule has 1 aromatic carbocycles. The van der Waals surface area contributed by atoms with Crippen LogP contribution >= 0.6 is 0 Å². The van der Waals surface area contributed by atoms with E-state index in [1.807, 2.05) is 6.92 Å². The van der Waals surface area contributed by atoms with Gasteiger partial charge in [0.15, 0.2) is 0 Å². The topological polar surface area (TPSA) is 49.4 Å². The lowest BCUT2D eigenvalue weighted by Gasteiger charge is -2.17. The van der Waals surface area contributed by atoms with Crippen molar-refractivity contribution in [2.45, 2.75) is 31.7 Å². The van der Waals surface area contributed by atoms with Gasteiger partial charge in [0.05, 0.1) is 4.90 Å². The molecule has 1 aromatic rings. The molecule has 0 aliphatic rings. The predicted octanol–water partition coefficient (Wildman–Crippen LogP) is 2.44. The van der Waals surface area contributed by atoms with Gasteiger partial charge in [0.1, 0.15) is 5.82 Å². The molecule has 1 rings (SSSR count). The highest BCUT2D eigenvalue weighted by Crippen LogP contribution is 2.21. The van der Waals surface area contributed by atoms with Gasteiger partial charge in [-0.3, -0.25) is 0 Å². The lowest BCUT2D eigenvalue weighted by Crippen LogP contribution is -2.27. The van der Waals surface area contributed by atoms with Crippen molar-refractivity contribution < 1.29 is 12.8 Å². The van der Waals surface area contributed by atoms with E-state index < -0.39 is 10.0 Å². The Morgan fingerprint density at radius 1 is 1.43 bits per heavy atom. The van der Waals surface area contributed by atoms with E-state index in [9.17, 15) is 12.8 Å². The molecule has 6 heteroatoms. The van der Waals surface area contributed by atoms with Crippen molar-refractivity contribution in [3.8, 4) is 0 Å². The van der Waals surface area contributed by atoms with Crippen LogP contribution in [0.5, 0.6) is 0 Å². The van der Waals surface area contributed by atoms with Gasteiger partial charge in [-0.15, -0.1) is 6.58 Å². The number of aryl methyl sites for hydroxylation is 1. The summed E-state index contributed by atoms with van der Waals surface area (Å²) in [6.07, 6.45) is 2.44. The van der Waals surface area contributed by atoms with Crippen molar-refractivity contribution >= 4 is 10.0 Å². The van der Waals surface area contributed by atoms with Gasteiger partial charge >= 0.3 is 0 Å². The molecule has 0 spiro atoms. The highest BCUT2D eigenvalue weighted by Gasteiger charge is 2.22. The number of halogens is 1. The summed E-state index contributed by atoms with van der Waals surface area (Å²) in [5.74, 6) is -0.357. The molecule has 118 valence electrons. The van der Waals surface area contributed by atoms with Crippen LogP contribution < -0.4 is 5.32 Å². The lowest BCUT2D eigenvalue weighted by molar-refractivity contribution is 0.498. The molecule has 0 amide bonds. The molecule has 0 aromatic heterocycles. The molecule has 0 heterocycles. The van der Waals surface area contributed by atoms with Crippen molar-refractivity contribution in [1.82, 2.24) is 9.62 Å².